The zero-order chi connectivity index (χ0) is 13.8. The van der Waals surface area contributed by atoms with Gasteiger partial charge in [0.15, 0.2) is 0 Å². The number of para-hydroxylation sites is 1. The van der Waals surface area contributed by atoms with Gasteiger partial charge in [0, 0.05) is 11.4 Å². The molecule has 0 saturated heterocycles. The molecule has 2 aromatic rings. The van der Waals surface area contributed by atoms with Gasteiger partial charge in [-0.3, -0.25) is 0 Å². The molecule has 0 aliphatic heterocycles. The molecule has 0 spiro atoms. The van der Waals surface area contributed by atoms with Crippen molar-refractivity contribution in [2.75, 3.05) is 5.32 Å². The molecule has 0 radical (unpaired) electrons. The molecule has 0 bridgehead atoms. The molecule has 0 heterocycles. The average molecular weight is 253 g/mol. The molecule has 2 aromatic carbocycles. The maximum absolute atomic E-state index is 3.55. The van der Waals surface area contributed by atoms with Crippen molar-refractivity contribution in [1.29, 1.82) is 0 Å². The van der Waals surface area contributed by atoms with E-state index in [0.717, 1.165) is 5.69 Å². The summed E-state index contributed by atoms with van der Waals surface area (Å²) in [4.78, 5) is 0. The van der Waals surface area contributed by atoms with E-state index in [1.807, 2.05) is 6.07 Å². The first-order valence-corrected chi connectivity index (χ1v) is 7.04. The summed E-state index contributed by atoms with van der Waals surface area (Å²) in [6.07, 6.45) is 0. The predicted molar refractivity (Wildman–Crippen MR) is 84.3 cm³/mol. The third-order valence-corrected chi connectivity index (χ3v) is 3.39. The second kappa shape index (κ2) is 5.92. The Kier molecular flexibility index (Phi) is 4.26. The number of hydrogen-bond acceptors (Lipinski definition) is 1. The van der Waals surface area contributed by atoms with E-state index >= 15 is 0 Å². The lowest BCUT2D eigenvalue weighted by Crippen LogP contribution is -2.03. The zero-order valence-corrected chi connectivity index (χ0v) is 12.3. The van der Waals surface area contributed by atoms with Gasteiger partial charge in [0.1, 0.15) is 0 Å². The number of anilines is 2. The minimum atomic E-state index is 0.518. The van der Waals surface area contributed by atoms with Crippen molar-refractivity contribution in [3.05, 3.63) is 59.7 Å². The van der Waals surface area contributed by atoms with Crippen LogP contribution in [0.3, 0.4) is 0 Å². The van der Waals surface area contributed by atoms with Gasteiger partial charge in [-0.05, 0) is 41.2 Å². The molecule has 0 aromatic heterocycles. The van der Waals surface area contributed by atoms with Crippen molar-refractivity contribution in [3.8, 4) is 0 Å². The van der Waals surface area contributed by atoms with Crippen LogP contribution in [0.5, 0.6) is 0 Å². The summed E-state index contributed by atoms with van der Waals surface area (Å²) in [7, 11) is 0. The fraction of sp³-hybridized carbons (Fsp3) is 0.333. The topological polar surface area (TPSA) is 12.0 Å². The third-order valence-electron chi connectivity index (χ3n) is 3.39. The minimum Gasteiger partial charge on any atom is -0.355 e. The summed E-state index contributed by atoms with van der Waals surface area (Å²) >= 11 is 0. The van der Waals surface area contributed by atoms with Gasteiger partial charge in [-0.2, -0.15) is 0 Å². The molecule has 1 heteroatoms. The monoisotopic (exact) mass is 253 g/mol. The summed E-state index contributed by atoms with van der Waals surface area (Å²) in [6.45, 7) is 9.04. The molecular formula is C18H23N. The van der Waals surface area contributed by atoms with Gasteiger partial charge in [0.25, 0.3) is 0 Å². The lowest BCUT2D eigenvalue weighted by atomic mass is 9.89. The molecule has 2 rings (SSSR count). The Hall–Kier alpha value is -1.76. The molecular weight excluding hydrogens is 230 g/mol. The molecule has 0 atom stereocenters. The van der Waals surface area contributed by atoms with E-state index in [0.29, 0.717) is 11.8 Å². The quantitative estimate of drug-likeness (QED) is 0.739. The minimum absolute atomic E-state index is 0.518. The Morgan fingerprint density at radius 3 is 2.00 bits per heavy atom. The third kappa shape index (κ3) is 3.17. The van der Waals surface area contributed by atoms with Crippen LogP contribution in [0.4, 0.5) is 11.4 Å². The van der Waals surface area contributed by atoms with Gasteiger partial charge >= 0.3 is 0 Å². The van der Waals surface area contributed by atoms with Gasteiger partial charge in [0.2, 0.25) is 0 Å². The van der Waals surface area contributed by atoms with E-state index in [4.69, 9.17) is 0 Å². The summed E-state index contributed by atoms with van der Waals surface area (Å²) in [5.74, 6) is 1.07. The first-order chi connectivity index (χ1) is 9.09. The number of benzene rings is 2. The van der Waals surface area contributed by atoms with Gasteiger partial charge in [-0.15, -0.1) is 0 Å². The van der Waals surface area contributed by atoms with E-state index < -0.39 is 0 Å². The largest absolute Gasteiger partial charge is 0.355 e. The molecule has 1 nitrogen and oxygen atoms in total. The Morgan fingerprint density at radius 1 is 0.737 bits per heavy atom. The van der Waals surface area contributed by atoms with Crippen molar-refractivity contribution < 1.29 is 0 Å². The highest BCUT2D eigenvalue weighted by Crippen LogP contribution is 2.33. The fourth-order valence-electron chi connectivity index (χ4n) is 2.52. The van der Waals surface area contributed by atoms with Crippen LogP contribution in [0.25, 0.3) is 0 Å². The maximum Gasteiger partial charge on any atom is 0.0422 e. The van der Waals surface area contributed by atoms with E-state index in [9.17, 15) is 0 Å². The lowest BCUT2D eigenvalue weighted by molar-refractivity contribution is 0.792. The summed E-state index contributed by atoms with van der Waals surface area (Å²) < 4.78 is 0. The molecule has 1 N–H and O–H groups in total. The highest BCUT2D eigenvalue weighted by Gasteiger charge is 2.14. The Balaban J connectivity index is 2.42. The average Bonchev–Trinajstić information content (AvgIpc) is 2.39. The first-order valence-electron chi connectivity index (χ1n) is 7.04. The molecule has 0 saturated carbocycles. The summed E-state index contributed by atoms with van der Waals surface area (Å²) in [5.41, 5.74) is 5.25. The number of nitrogens with one attached hydrogen (secondary N) is 1. The molecule has 0 aliphatic carbocycles. The molecule has 0 aliphatic rings. The summed E-state index contributed by atoms with van der Waals surface area (Å²) in [5, 5.41) is 3.55. The van der Waals surface area contributed by atoms with Crippen LogP contribution in [0.2, 0.25) is 0 Å². The maximum atomic E-state index is 3.55. The number of hydrogen-bond donors (Lipinski definition) is 1. The van der Waals surface area contributed by atoms with E-state index in [2.05, 4.69) is 75.5 Å². The smallest absolute Gasteiger partial charge is 0.0422 e. The van der Waals surface area contributed by atoms with Crippen LogP contribution in [0.15, 0.2) is 48.5 Å². The molecule has 100 valence electrons. The molecule has 0 amide bonds. The Morgan fingerprint density at radius 2 is 1.42 bits per heavy atom. The van der Waals surface area contributed by atoms with Crippen molar-refractivity contribution >= 4 is 11.4 Å². The highest BCUT2D eigenvalue weighted by atomic mass is 14.9. The van der Waals surface area contributed by atoms with Crippen molar-refractivity contribution in [2.24, 2.45) is 0 Å². The zero-order valence-electron chi connectivity index (χ0n) is 12.3. The van der Waals surface area contributed by atoms with Gasteiger partial charge in [-0.25, -0.2) is 0 Å². The van der Waals surface area contributed by atoms with E-state index in [1.165, 1.54) is 16.8 Å². The highest BCUT2D eigenvalue weighted by molar-refractivity contribution is 5.65. The summed E-state index contributed by atoms with van der Waals surface area (Å²) in [6, 6.07) is 16.9. The Bertz CT molecular complexity index is 527. The Labute approximate surface area is 116 Å². The van der Waals surface area contributed by atoms with Crippen LogP contribution < -0.4 is 5.32 Å². The normalized spacial score (nSPS) is 11.1. The standard InChI is InChI=1S/C18H23N/c1-13(2)16-11-8-12-17(18(16)14(3)4)19-15-9-6-5-7-10-15/h5-14,19H,1-4H3. The number of rotatable bonds is 4. The second-order valence-corrected chi connectivity index (χ2v) is 5.61. The van der Waals surface area contributed by atoms with Crippen molar-refractivity contribution in [2.45, 2.75) is 39.5 Å². The first kappa shape index (κ1) is 13.7. The van der Waals surface area contributed by atoms with Gasteiger partial charge in [0.05, 0.1) is 0 Å². The molecule has 0 fully saturated rings. The SMILES string of the molecule is CC(C)c1cccc(Nc2ccccc2)c1C(C)C. The second-order valence-electron chi connectivity index (χ2n) is 5.61. The van der Waals surface area contributed by atoms with Gasteiger partial charge in [-0.1, -0.05) is 58.0 Å². The van der Waals surface area contributed by atoms with E-state index in [1.54, 1.807) is 0 Å². The molecule has 19 heavy (non-hydrogen) atoms. The lowest BCUT2D eigenvalue weighted by Gasteiger charge is -2.21. The van der Waals surface area contributed by atoms with Gasteiger partial charge < -0.3 is 5.32 Å². The fourth-order valence-corrected chi connectivity index (χ4v) is 2.52. The van der Waals surface area contributed by atoms with Crippen LogP contribution in [-0.4, -0.2) is 0 Å². The van der Waals surface area contributed by atoms with Crippen LogP contribution in [-0.2, 0) is 0 Å². The van der Waals surface area contributed by atoms with Crippen LogP contribution >= 0.6 is 0 Å². The van der Waals surface area contributed by atoms with Crippen molar-refractivity contribution in [3.63, 3.8) is 0 Å². The predicted octanol–water partition coefficient (Wildman–Crippen LogP) is 5.68. The van der Waals surface area contributed by atoms with Crippen molar-refractivity contribution in [1.82, 2.24) is 0 Å². The van der Waals surface area contributed by atoms with E-state index in [-0.39, 0.29) is 0 Å². The van der Waals surface area contributed by atoms with Crippen LogP contribution in [0.1, 0.15) is 50.7 Å². The molecule has 0 unspecified atom stereocenters. The van der Waals surface area contributed by atoms with Crippen LogP contribution in [0, 0.1) is 0 Å².